The van der Waals surface area contributed by atoms with Crippen molar-refractivity contribution in [1.29, 1.82) is 0 Å². The number of pyridine rings is 1. The Kier molecular flexibility index (Phi) is 4.99. The molecule has 1 aliphatic rings. The average Bonchev–Trinajstić information content (AvgIpc) is 2.91. The van der Waals surface area contributed by atoms with Gasteiger partial charge in [-0.1, -0.05) is 24.3 Å². The van der Waals surface area contributed by atoms with Gasteiger partial charge < -0.3 is 10.6 Å². The van der Waals surface area contributed by atoms with E-state index in [0.29, 0.717) is 25.5 Å². The van der Waals surface area contributed by atoms with Gasteiger partial charge in [0.2, 0.25) is 0 Å². The quantitative estimate of drug-likeness (QED) is 0.647. The van der Waals surface area contributed by atoms with E-state index in [0.717, 1.165) is 16.5 Å². The molecule has 0 spiro atoms. The molecule has 1 unspecified atom stereocenters. The minimum absolute atomic E-state index is 0.0757. The van der Waals surface area contributed by atoms with Gasteiger partial charge in [0, 0.05) is 24.2 Å². The number of hydrogen-bond acceptors (Lipinski definition) is 4. The first-order valence-corrected chi connectivity index (χ1v) is 9.97. The Hall–Kier alpha value is -2.15. The first-order valence-electron chi connectivity index (χ1n) is 8.15. The smallest absolute Gasteiger partial charge is 0.191 e. The van der Waals surface area contributed by atoms with Crippen molar-refractivity contribution in [3.05, 3.63) is 42.2 Å². The Morgan fingerprint density at radius 2 is 2.17 bits per heavy atom. The van der Waals surface area contributed by atoms with E-state index in [4.69, 9.17) is 0 Å². The highest BCUT2D eigenvalue weighted by molar-refractivity contribution is 7.91. The van der Waals surface area contributed by atoms with Gasteiger partial charge in [0.25, 0.3) is 0 Å². The summed E-state index contributed by atoms with van der Waals surface area (Å²) in [6, 6.07) is 9.99. The minimum Gasteiger partial charge on any atom is -0.357 e. The highest BCUT2D eigenvalue weighted by atomic mass is 32.2. The van der Waals surface area contributed by atoms with Gasteiger partial charge >= 0.3 is 0 Å². The summed E-state index contributed by atoms with van der Waals surface area (Å²) in [4.78, 5) is 9.02. The number of fused-ring (bicyclic) bond motifs is 1. The number of aromatic nitrogens is 1. The molecular weight excluding hydrogens is 324 g/mol. The molecule has 2 N–H and O–H groups in total. The summed E-state index contributed by atoms with van der Waals surface area (Å²) in [5, 5.41) is 8.62. The van der Waals surface area contributed by atoms with Crippen LogP contribution >= 0.6 is 0 Å². The molecule has 2 heterocycles. The van der Waals surface area contributed by atoms with Crippen molar-refractivity contribution in [1.82, 2.24) is 15.6 Å². The standard InChI is InChI=1S/C17H22N4O2S/c1-2-18-17(21-14-8-10-24(22,23)12-14)20-11-16-15-6-4-3-5-13(15)7-9-19-16/h3-7,9,14H,2,8,10-12H2,1H3,(H2,18,20,21). The molecule has 2 aromatic rings. The minimum atomic E-state index is -2.91. The SMILES string of the molecule is CCNC(=NCc1nccc2ccccc12)NC1CCS(=O)(=O)C1. The number of sulfone groups is 1. The summed E-state index contributed by atoms with van der Waals surface area (Å²) in [5.41, 5.74) is 0.907. The van der Waals surface area contributed by atoms with Crippen LogP contribution in [0.5, 0.6) is 0 Å². The van der Waals surface area contributed by atoms with E-state index in [2.05, 4.69) is 26.7 Å². The van der Waals surface area contributed by atoms with Gasteiger partial charge in [0.1, 0.15) is 0 Å². The second-order valence-electron chi connectivity index (χ2n) is 5.92. The lowest BCUT2D eigenvalue weighted by molar-refractivity contribution is 0.599. The van der Waals surface area contributed by atoms with Crippen LogP contribution in [0.15, 0.2) is 41.5 Å². The van der Waals surface area contributed by atoms with Crippen molar-refractivity contribution in [3.63, 3.8) is 0 Å². The summed E-state index contributed by atoms with van der Waals surface area (Å²) in [5.74, 6) is 1.05. The Balaban J connectivity index is 1.76. The van der Waals surface area contributed by atoms with Crippen molar-refractivity contribution < 1.29 is 8.42 Å². The van der Waals surface area contributed by atoms with Gasteiger partial charge in [-0.25, -0.2) is 13.4 Å². The molecule has 1 atom stereocenters. The van der Waals surface area contributed by atoms with E-state index in [-0.39, 0.29) is 17.5 Å². The molecule has 0 saturated carbocycles. The fraction of sp³-hybridized carbons (Fsp3) is 0.412. The number of rotatable bonds is 4. The highest BCUT2D eigenvalue weighted by Gasteiger charge is 2.28. The molecule has 0 amide bonds. The van der Waals surface area contributed by atoms with E-state index < -0.39 is 9.84 Å². The fourth-order valence-electron chi connectivity index (χ4n) is 2.88. The molecule has 0 bridgehead atoms. The van der Waals surface area contributed by atoms with Crippen LogP contribution in [0.4, 0.5) is 0 Å². The van der Waals surface area contributed by atoms with E-state index in [1.807, 2.05) is 31.2 Å². The fourth-order valence-corrected chi connectivity index (χ4v) is 4.56. The zero-order valence-electron chi connectivity index (χ0n) is 13.7. The maximum atomic E-state index is 11.6. The summed E-state index contributed by atoms with van der Waals surface area (Å²) in [7, 11) is -2.91. The first-order chi connectivity index (χ1) is 11.6. The Morgan fingerprint density at radius 1 is 1.33 bits per heavy atom. The predicted octanol–water partition coefficient (Wildman–Crippen LogP) is 1.48. The molecule has 0 aliphatic carbocycles. The lowest BCUT2D eigenvalue weighted by atomic mass is 10.1. The zero-order chi connectivity index (χ0) is 17.0. The van der Waals surface area contributed by atoms with Crippen LogP contribution in [0.2, 0.25) is 0 Å². The number of aliphatic imine (C=N–C) groups is 1. The van der Waals surface area contributed by atoms with E-state index >= 15 is 0 Å². The molecule has 1 fully saturated rings. The number of nitrogens with zero attached hydrogens (tertiary/aromatic N) is 2. The topological polar surface area (TPSA) is 83.4 Å². The number of guanidine groups is 1. The first kappa shape index (κ1) is 16.7. The highest BCUT2D eigenvalue weighted by Crippen LogP contribution is 2.17. The Labute approximate surface area is 142 Å². The number of hydrogen-bond donors (Lipinski definition) is 2. The van der Waals surface area contributed by atoms with Crippen molar-refractivity contribution in [2.24, 2.45) is 4.99 Å². The zero-order valence-corrected chi connectivity index (χ0v) is 14.5. The van der Waals surface area contributed by atoms with Crippen molar-refractivity contribution in [2.75, 3.05) is 18.1 Å². The van der Waals surface area contributed by atoms with Crippen LogP contribution < -0.4 is 10.6 Å². The van der Waals surface area contributed by atoms with Crippen LogP contribution in [0.25, 0.3) is 10.8 Å². The predicted molar refractivity (Wildman–Crippen MR) is 96.8 cm³/mol. The van der Waals surface area contributed by atoms with Crippen LogP contribution in [-0.2, 0) is 16.4 Å². The van der Waals surface area contributed by atoms with Gasteiger partial charge in [-0.2, -0.15) is 0 Å². The summed E-state index contributed by atoms with van der Waals surface area (Å²) in [6.07, 6.45) is 2.41. The monoisotopic (exact) mass is 346 g/mol. The van der Waals surface area contributed by atoms with Gasteiger partial charge in [0.15, 0.2) is 15.8 Å². The van der Waals surface area contributed by atoms with Crippen LogP contribution in [-0.4, -0.2) is 43.5 Å². The van der Waals surface area contributed by atoms with Crippen LogP contribution in [0, 0.1) is 0 Å². The number of benzene rings is 1. The van der Waals surface area contributed by atoms with Crippen LogP contribution in [0.1, 0.15) is 19.0 Å². The molecule has 1 saturated heterocycles. The third-order valence-corrected chi connectivity index (χ3v) is 5.83. The van der Waals surface area contributed by atoms with Crippen molar-refractivity contribution in [3.8, 4) is 0 Å². The molecule has 128 valence electrons. The van der Waals surface area contributed by atoms with Gasteiger partial charge in [-0.3, -0.25) is 4.98 Å². The summed E-state index contributed by atoms with van der Waals surface area (Å²) >= 11 is 0. The Morgan fingerprint density at radius 3 is 2.92 bits per heavy atom. The lowest BCUT2D eigenvalue weighted by Gasteiger charge is -2.15. The van der Waals surface area contributed by atoms with E-state index in [9.17, 15) is 8.42 Å². The van der Waals surface area contributed by atoms with Gasteiger partial charge in [0.05, 0.1) is 23.7 Å². The summed E-state index contributed by atoms with van der Waals surface area (Å²) < 4.78 is 23.2. The third-order valence-electron chi connectivity index (χ3n) is 4.06. The molecule has 3 rings (SSSR count). The third kappa shape index (κ3) is 4.03. The lowest BCUT2D eigenvalue weighted by Crippen LogP contribution is -2.44. The molecule has 24 heavy (non-hydrogen) atoms. The Bertz CT molecular complexity index is 843. The molecule has 1 aliphatic heterocycles. The normalized spacial score (nSPS) is 20.2. The molecule has 1 aromatic carbocycles. The number of nitrogens with one attached hydrogen (secondary N) is 2. The molecule has 1 aromatic heterocycles. The maximum Gasteiger partial charge on any atom is 0.191 e. The van der Waals surface area contributed by atoms with Crippen molar-refractivity contribution >= 4 is 26.6 Å². The van der Waals surface area contributed by atoms with Gasteiger partial charge in [-0.05, 0) is 24.8 Å². The average molecular weight is 346 g/mol. The second kappa shape index (κ2) is 7.17. The van der Waals surface area contributed by atoms with E-state index in [1.54, 1.807) is 6.20 Å². The maximum absolute atomic E-state index is 11.6. The van der Waals surface area contributed by atoms with Crippen LogP contribution in [0.3, 0.4) is 0 Å². The largest absolute Gasteiger partial charge is 0.357 e. The van der Waals surface area contributed by atoms with E-state index in [1.165, 1.54) is 0 Å². The van der Waals surface area contributed by atoms with Crippen molar-refractivity contribution in [2.45, 2.75) is 25.9 Å². The molecule has 7 heteroatoms. The molecular formula is C17H22N4O2S. The summed E-state index contributed by atoms with van der Waals surface area (Å²) in [6.45, 7) is 3.14. The second-order valence-corrected chi connectivity index (χ2v) is 8.15. The van der Waals surface area contributed by atoms with Gasteiger partial charge in [-0.15, -0.1) is 0 Å². The molecule has 0 radical (unpaired) electrons. The molecule has 6 nitrogen and oxygen atoms in total.